The summed E-state index contributed by atoms with van der Waals surface area (Å²) in [7, 11) is 0. The van der Waals surface area contributed by atoms with Gasteiger partial charge in [0.05, 0.1) is 17.0 Å². The normalized spacial score (nSPS) is 16.5. The van der Waals surface area contributed by atoms with E-state index in [0.29, 0.717) is 17.1 Å². The zero-order chi connectivity index (χ0) is 15.4. The Hall–Kier alpha value is -2.95. The van der Waals surface area contributed by atoms with E-state index >= 15 is 0 Å². The molecule has 5 nitrogen and oxygen atoms in total. The van der Waals surface area contributed by atoms with Crippen LogP contribution >= 0.6 is 0 Å². The summed E-state index contributed by atoms with van der Waals surface area (Å²) >= 11 is 0. The van der Waals surface area contributed by atoms with Gasteiger partial charge in [0.25, 0.3) is 0 Å². The SMILES string of the molecule is N=C(N)/C(=C1/N=C(c2ccccc2)CCN1)c1ccccn1. The Bertz CT molecular complexity index is 732. The van der Waals surface area contributed by atoms with Crippen LogP contribution in [0.4, 0.5) is 0 Å². The van der Waals surface area contributed by atoms with Gasteiger partial charge in [0.1, 0.15) is 11.7 Å². The van der Waals surface area contributed by atoms with Gasteiger partial charge in [-0.15, -0.1) is 0 Å². The first-order valence-electron chi connectivity index (χ1n) is 7.12. The molecule has 3 rings (SSSR count). The van der Waals surface area contributed by atoms with Crippen LogP contribution < -0.4 is 11.1 Å². The number of pyridine rings is 1. The molecule has 0 atom stereocenters. The van der Waals surface area contributed by atoms with Gasteiger partial charge in [0.2, 0.25) is 0 Å². The summed E-state index contributed by atoms with van der Waals surface area (Å²) in [6, 6.07) is 15.6. The van der Waals surface area contributed by atoms with Crippen LogP contribution in [0.1, 0.15) is 17.7 Å². The molecule has 0 saturated carbocycles. The van der Waals surface area contributed by atoms with E-state index in [4.69, 9.17) is 11.1 Å². The van der Waals surface area contributed by atoms with Gasteiger partial charge in [-0.05, 0) is 17.7 Å². The number of rotatable bonds is 3. The first kappa shape index (κ1) is 14.0. The van der Waals surface area contributed by atoms with Crippen molar-refractivity contribution in [2.24, 2.45) is 10.7 Å². The maximum Gasteiger partial charge on any atom is 0.139 e. The van der Waals surface area contributed by atoms with Crippen molar-refractivity contribution in [1.82, 2.24) is 10.3 Å². The molecule has 4 N–H and O–H groups in total. The topological polar surface area (TPSA) is 87.2 Å². The van der Waals surface area contributed by atoms with Crippen LogP contribution in [-0.2, 0) is 0 Å². The molecule has 0 fully saturated rings. The second-order valence-corrected chi connectivity index (χ2v) is 4.95. The third-order valence-electron chi connectivity index (χ3n) is 3.44. The van der Waals surface area contributed by atoms with E-state index in [9.17, 15) is 0 Å². The summed E-state index contributed by atoms with van der Waals surface area (Å²) in [5.41, 5.74) is 9.02. The molecule has 22 heavy (non-hydrogen) atoms. The van der Waals surface area contributed by atoms with Gasteiger partial charge < -0.3 is 11.1 Å². The minimum Gasteiger partial charge on any atom is -0.384 e. The average molecular weight is 291 g/mol. The lowest BCUT2D eigenvalue weighted by Crippen LogP contribution is -2.28. The second kappa shape index (κ2) is 6.22. The summed E-state index contributed by atoms with van der Waals surface area (Å²) in [6.45, 7) is 0.757. The Morgan fingerprint density at radius 3 is 2.55 bits per heavy atom. The first-order valence-corrected chi connectivity index (χ1v) is 7.12. The number of aliphatic imine (C=N–C) groups is 1. The van der Waals surface area contributed by atoms with Crippen LogP contribution in [-0.4, -0.2) is 23.1 Å². The van der Waals surface area contributed by atoms with Gasteiger partial charge in [-0.3, -0.25) is 10.4 Å². The van der Waals surface area contributed by atoms with Crippen LogP contribution in [0.25, 0.3) is 5.57 Å². The Labute approximate surface area is 129 Å². The smallest absolute Gasteiger partial charge is 0.139 e. The predicted octanol–water partition coefficient (Wildman–Crippen LogP) is 2.17. The fourth-order valence-electron chi connectivity index (χ4n) is 2.41. The van der Waals surface area contributed by atoms with E-state index in [0.717, 1.165) is 24.2 Å². The number of benzene rings is 1. The molecule has 1 aromatic heterocycles. The van der Waals surface area contributed by atoms with Crippen LogP contribution in [0.3, 0.4) is 0 Å². The zero-order valence-corrected chi connectivity index (χ0v) is 12.1. The van der Waals surface area contributed by atoms with Crippen molar-refractivity contribution in [3.63, 3.8) is 0 Å². The number of hydrogen-bond acceptors (Lipinski definition) is 4. The molecular weight excluding hydrogens is 274 g/mol. The number of aromatic nitrogens is 1. The van der Waals surface area contributed by atoms with Crippen molar-refractivity contribution in [3.05, 3.63) is 71.8 Å². The van der Waals surface area contributed by atoms with Gasteiger partial charge in [-0.25, -0.2) is 4.99 Å². The highest BCUT2D eigenvalue weighted by Gasteiger charge is 2.18. The quantitative estimate of drug-likeness (QED) is 0.598. The highest BCUT2D eigenvalue weighted by Crippen LogP contribution is 2.20. The van der Waals surface area contributed by atoms with Crippen LogP contribution in [0.15, 0.2) is 65.5 Å². The van der Waals surface area contributed by atoms with E-state index < -0.39 is 0 Å². The van der Waals surface area contributed by atoms with E-state index in [1.165, 1.54) is 0 Å². The predicted molar refractivity (Wildman–Crippen MR) is 88.7 cm³/mol. The molecule has 110 valence electrons. The molecule has 0 amide bonds. The molecule has 5 heteroatoms. The fourth-order valence-corrected chi connectivity index (χ4v) is 2.41. The van der Waals surface area contributed by atoms with Gasteiger partial charge in [-0.1, -0.05) is 36.4 Å². The maximum absolute atomic E-state index is 7.87. The van der Waals surface area contributed by atoms with Gasteiger partial charge in [0.15, 0.2) is 0 Å². The summed E-state index contributed by atoms with van der Waals surface area (Å²) in [4.78, 5) is 8.96. The third kappa shape index (κ3) is 2.88. The molecule has 0 saturated heterocycles. The van der Waals surface area contributed by atoms with Crippen molar-refractivity contribution in [2.45, 2.75) is 6.42 Å². The molecule has 0 radical (unpaired) electrons. The molecule has 0 bridgehead atoms. The third-order valence-corrected chi connectivity index (χ3v) is 3.44. The Balaban J connectivity index is 2.09. The van der Waals surface area contributed by atoms with Gasteiger partial charge >= 0.3 is 0 Å². The number of nitrogens with zero attached hydrogens (tertiary/aromatic N) is 2. The van der Waals surface area contributed by atoms with E-state index in [2.05, 4.69) is 15.3 Å². The Morgan fingerprint density at radius 1 is 1.09 bits per heavy atom. The zero-order valence-electron chi connectivity index (χ0n) is 12.1. The molecule has 2 heterocycles. The minimum atomic E-state index is -0.0424. The van der Waals surface area contributed by atoms with Crippen LogP contribution in [0.2, 0.25) is 0 Å². The summed E-state index contributed by atoms with van der Waals surface area (Å²) in [5.74, 6) is 0.565. The fraction of sp³-hybridized carbons (Fsp3) is 0.118. The van der Waals surface area contributed by atoms with Crippen LogP contribution in [0.5, 0.6) is 0 Å². The highest BCUT2D eigenvalue weighted by atomic mass is 15.1. The Morgan fingerprint density at radius 2 is 1.86 bits per heavy atom. The largest absolute Gasteiger partial charge is 0.384 e. The summed E-state index contributed by atoms with van der Waals surface area (Å²) in [5, 5.41) is 11.1. The van der Waals surface area contributed by atoms with Crippen LogP contribution in [0, 0.1) is 5.41 Å². The molecule has 2 aromatic rings. The van der Waals surface area contributed by atoms with Crippen molar-refractivity contribution in [2.75, 3.05) is 6.54 Å². The minimum absolute atomic E-state index is 0.0424. The summed E-state index contributed by atoms with van der Waals surface area (Å²) < 4.78 is 0. The lowest BCUT2D eigenvalue weighted by molar-refractivity contribution is 0.780. The number of amidine groups is 1. The standard InChI is InChI=1S/C17H17N5/c18-16(19)15(14-8-4-5-10-20-14)17-21-11-9-13(22-17)12-6-2-1-3-7-12/h1-8,10,21H,9,11H2,(H3,18,19)/b17-15+. The van der Waals surface area contributed by atoms with Crippen molar-refractivity contribution < 1.29 is 0 Å². The lowest BCUT2D eigenvalue weighted by atomic mass is 10.0. The van der Waals surface area contributed by atoms with E-state index in [-0.39, 0.29) is 5.84 Å². The monoisotopic (exact) mass is 291 g/mol. The molecule has 0 aliphatic carbocycles. The van der Waals surface area contributed by atoms with E-state index in [1.807, 2.05) is 48.5 Å². The lowest BCUT2D eigenvalue weighted by Gasteiger charge is -2.19. The average Bonchev–Trinajstić information content (AvgIpc) is 2.57. The highest BCUT2D eigenvalue weighted by molar-refractivity contribution is 6.21. The number of nitrogens with two attached hydrogens (primary N) is 1. The van der Waals surface area contributed by atoms with Crippen molar-refractivity contribution in [1.29, 1.82) is 5.41 Å². The van der Waals surface area contributed by atoms with Gasteiger partial charge in [0, 0.05) is 19.2 Å². The van der Waals surface area contributed by atoms with Gasteiger partial charge in [-0.2, -0.15) is 0 Å². The second-order valence-electron chi connectivity index (χ2n) is 4.95. The first-order chi connectivity index (χ1) is 10.8. The molecule has 1 aliphatic heterocycles. The molecule has 0 unspecified atom stereocenters. The summed E-state index contributed by atoms with van der Waals surface area (Å²) in [6.07, 6.45) is 2.52. The molecule has 0 spiro atoms. The molecule has 1 aliphatic rings. The number of hydrogen-bond donors (Lipinski definition) is 3. The maximum atomic E-state index is 7.87. The van der Waals surface area contributed by atoms with Crippen molar-refractivity contribution in [3.8, 4) is 0 Å². The Kier molecular flexibility index (Phi) is 3.96. The number of nitrogens with one attached hydrogen (secondary N) is 2. The van der Waals surface area contributed by atoms with E-state index in [1.54, 1.807) is 6.20 Å². The molecular formula is C17H17N5. The molecule has 1 aromatic carbocycles. The van der Waals surface area contributed by atoms with Crippen molar-refractivity contribution >= 4 is 17.1 Å².